The number of carbonyl (C=O) groups is 1. The molecule has 1 saturated carbocycles. The third kappa shape index (κ3) is 2.20. The maximum absolute atomic E-state index is 11.4. The molecule has 1 aromatic rings. The highest BCUT2D eigenvalue weighted by Crippen LogP contribution is 2.40. The molecular formula is C12H15ClN2O3. The first kappa shape index (κ1) is 13.2. The molecule has 1 heterocycles. The maximum Gasteiger partial charge on any atom is 0.342 e. The highest BCUT2D eigenvalue weighted by Gasteiger charge is 2.39. The van der Waals surface area contributed by atoms with Crippen molar-refractivity contribution >= 4 is 17.6 Å². The summed E-state index contributed by atoms with van der Waals surface area (Å²) in [6.07, 6.45) is 5.30. The monoisotopic (exact) mass is 270 g/mol. The summed E-state index contributed by atoms with van der Waals surface area (Å²) in [5, 5.41) is 0.107. The van der Waals surface area contributed by atoms with Crippen LogP contribution < -0.4 is 0 Å². The van der Waals surface area contributed by atoms with Crippen LogP contribution in [0.5, 0.6) is 0 Å². The summed E-state index contributed by atoms with van der Waals surface area (Å²) in [5.41, 5.74) is -0.287. The molecule has 0 N–H and O–H groups in total. The van der Waals surface area contributed by atoms with E-state index in [9.17, 15) is 4.79 Å². The average Bonchev–Trinajstić information content (AvgIpc) is 2.87. The van der Waals surface area contributed by atoms with Crippen molar-refractivity contribution in [1.82, 2.24) is 9.97 Å². The number of ether oxygens (including phenoxy) is 2. The Labute approximate surface area is 110 Å². The lowest BCUT2D eigenvalue weighted by Crippen LogP contribution is -2.27. The topological polar surface area (TPSA) is 61.3 Å². The minimum absolute atomic E-state index is 0.107. The number of esters is 1. The van der Waals surface area contributed by atoms with Crippen LogP contribution in [-0.2, 0) is 15.1 Å². The Bertz CT molecular complexity index is 459. The molecule has 6 heteroatoms. The van der Waals surface area contributed by atoms with Gasteiger partial charge in [0.2, 0.25) is 0 Å². The summed E-state index contributed by atoms with van der Waals surface area (Å²) < 4.78 is 10.2. The normalized spacial score (nSPS) is 17.7. The third-order valence-electron chi connectivity index (χ3n) is 3.36. The summed E-state index contributed by atoms with van der Waals surface area (Å²) in [4.78, 5) is 19.8. The van der Waals surface area contributed by atoms with Crippen LogP contribution in [-0.4, -0.2) is 30.2 Å². The van der Waals surface area contributed by atoms with Crippen LogP contribution in [0.1, 0.15) is 41.9 Å². The van der Waals surface area contributed by atoms with Crippen LogP contribution in [0.25, 0.3) is 0 Å². The first-order valence-corrected chi connectivity index (χ1v) is 6.17. The first-order valence-electron chi connectivity index (χ1n) is 5.79. The van der Waals surface area contributed by atoms with Crippen molar-refractivity contribution < 1.29 is 14.3 Å². The van der Waals surface area contributed by atoms with E-state index in [0.29, 0.717) is 5.82 Å². The van der Waals surface area contributed by atoms with E-state index < -0.39 is 11.6 Å². The van der Waals surface area contributed by atoms with Gasteiger partial charge in [0.15, 0.2) is 5.82 Å². The minimum Gasteiger partial charge on any atom is -0.465 e. The van der Waals surface area contributed by atoms with Gasteiger partial charge in [-0.3, -0.25) is 0 Å². The van der Waals surface area contributed by atoms with Crippen molar-refractivity contribution in [3.63, 3.8) is 0 Å². The standard InChI is InChI=1S/C12H15ClN2O3/c1-17-10(16)8-7-14-11(15-9(8)13)12(18-2)5-3-4-6-12/h7H,3-6H2,1-2H3. The van der Waals surface area contributed by atoms with Crippen molar-refractivity contribution in [3.8, 4) is 0 Å². The molecule has 5 nitrogen and oxygen atoms in total. The van der Waals surface area contributed by atoms with Gasteiger partial charge in [-0.2, -0.15) is 0 Å². The quantitative estimate of drug-likeness (QED) is 0.623. The molecule has 1 fully saturated rings. The lowest BCUT2D eigenvalue weighted by atomic mass is 10.0. The van der Waals surface area contributed by atoms with Crippen molar-refractivity contribution in [2.45, 2.75) is 31.3 Å². The smallest absolute Gasteiger partial charge is 0.342 e. The van der Waals surface area contributed by atoms with Gasteiger partial charge in [0, 0.05) is 13.3 Å². The van der Waals surface area contributed by atoms with Gasteiger partial charge in [-0.15, -0.1) is 0 Å². The van der Waals surface area contributed by atoms with E-state index in [4.69, 9.17) is 16.3 Å². The Morgan fingerprint density at radius 3 is 2.56 bits per heavy atom. The molecule has 0 unspecified atom stereocenters. The predicted octanol–water partition coefficient (Wildman–Crippen LogP) is 2.33. The second kappa shape index (κ2) is 5.20. The summed E-state index contributed by atoms with van der Waals surface area (Å²) >= 11 is 5.99. The molecule has 1 aliphatic rings. The third-order valence-corrected chi connectivity index (χ3v) is 3.65. The van der Waals surface area contributed by atoms with Gasteiger partial charge < -0.3 is 9.47 Å². The molecule has 0 aliphatic heterocycles. The number of methoxy groups -OCH3 is 2. The Morgan fingerprint density at radius 1 is 1.39 bits per heavy atom. The fourth-order valence-electron chi connectivity index (χ4n) is 2.29. The van der Waals surface area contributed by atoms with Gasteiger partial charge in [0.05, 0.1) is 7.11 Å². The summed E-state index contributed by atoms with van der Waals surface area (Å²) in [6.45, 7) is 0. The number of halogens is 1. The largest absolute Gasteiger partial charge is 0.465 e. The molecule has 98 valence electrons. The van der Waals surface area contributed by atoms with Gasteiger partial charge in [-0.1, -0.05) is 11.6 Å². The Hall–Kier alpha value is -1.20. The molecule has 0 radical (unpaired) electrons. The molecule has 0 amide bonds. The van der Waals surface area contributed by atoms with Crippen molar-refractivity contribution in [2.75, 3.05) is 14.2 Å². The molecule has 1 aliphatic carbocycles. The van der Waals surface area contributed by atoms with Crippen molar-refractivity contribution in [1.29, 1.82) is 0 Å². The highest BCUT2D eigenvalue weighted by molar-refractivity contribution is 6.32. The number of hydrogen-bond donors (Lipinski definition) is 0. The molecule has 0 saturated heterocycles. The SMILES string of the molecule is COC(=O)c1cnc(C2(OC)CCCC2)nc1Cl. The van der Waals surface area contributed by atoms with Crippen LogP contribution in [0.3, 0.4) is 0 Å². The van der Waals surface area contributed by atoms with E-state index >= 15 is 0 Å². The Morgan fingerprint density at radius 2 is 2.06 bits per heavy atom. The van der Waals surface area contributed by atoms with Crippen LogP contribution in [0.15, 0.2) is 6.20 Å². The van der Waals surface area contributed by atoms with Crippen LogP contribution in [0.4, 0.5) is 0 Å². The maximum atomic E-state index is 11.4. The van der Waals surface area contributed by atoms with Gasteiger partial charge in [-0.05, 0) is 25.7 Å². The molecule has 0 aromatic carbocycles. The van der Waals surface area contributed by atoms with Crippen LogP contribution in [0.2, 0.25) is 5.15 Å². The zero-order valence-electron chi connectivity index (χ0n) is 10.4. The van der Waals surface area contributed by atoms with Gasteiger partial charge in [0.25, 0.3) is 0 Å². The lowest BCUT2D eigenvalue weighted by Gasteiger charge is -2.25. The zero-order valence-corrected chi connectivity index (χ0v) is 11.2. The number of rotatable bonds is 3. The van der Waals surface area contributed by atoms with E-state index in [1.165, 1.54) is 13.3 Å². The van der Waals surface area contributed by atoms with Crippen molar-refractivity contribution in [2.24, 2.45) is 0 Å². The minimum atomic E-state index is -0.538. The predicted molar refractivity (Wildman–Crippen MR) is 65.5 cm³/mol. The van der Waals surface area contributed by atoms with Crippen LogP contribution in [0, 0.1) is 0 Å². The molecule has 2 rings (SSSR count). The Kier molecular flexibility index (Phi) is 3.82. The second-order valence-corrected chi connectivity index (χ2v) is 4.65. The lowest BCUT2D eigenvalue weighted by molar-refractivity contribution is -0.0163. The van der Waals surface area contributed by atoms with Crippen LogP contribution >= 0.6 is 11.6 Å². The summed E-state index contributed by atoms with van der Waals surface area (Å²) in [6, 6.07) is 0. The van der Waals surface area contributed by atoms with E-state index in [0.717, 1.165) is 25.7 Å². The second-order valence-electron chi connectivity index (χ2n) is 4.30. The van der Waals surface area contributed by atoms with Crippen molar-refractivity contribution in [3.05, 3.63) is 22.7 Å². The highest BCUT2D eigenvalue weighted by atomic mass is 35.5. The van der Waals surface area contributed by atoms with Gasteiger partial charge >= 0.3 is 5.97 Å². The summed E-state index contributed by atoms with van der Waals surface area (Å²) in [5.74, 6) is 0.00425. The van der Waals surface area contributed by atoms with E-state index in [-0.39, 0.29) is 10.7 Å². The number of carbonyl (C=O) groups excluding carboxylic acids is 1. The number of nitrogens with zero attached hydrogens (tertiary/aromatic N) is 2. The fourth-order valence-corrected chi connectivity index (χ4v) is 2.50. The van der Waals surface area contributed by atoms with E-state index in [2.05, 4.69) is 14.7 Å². The first-order chi connectivity index (χ1) is 8.63. The molecule has 0 spiro atoms. The van der Waals surface area contributed by atoms with E-state index in [1.807, 2.05) is 0 Å². The summed E-state index contributed by atoms with van der Waals surface area (Å²) in [7, 11) is 2.94. The van der Waals surface area contributed by atoms with Gasteiger partial charge in [-0.25, -0.2) is 14.8 Å². The molecule has 18 heavy (non-hydrogen) atoms. The van der Waals surface area contributed by atoms with Gasteiger partial charge in [0.1, 0.15) is 16.3 Å². The number of hydrogen-bond acceptors (Lipinski definition) is 5. The average molecular weight is 271 g/mol. The molecule has 0 bridgehead atoms. The Balaban J connectivity index is 2.36. The zero-order chi connectivity index (χ0) is 13.2. The number of aromatic nitrogens is 2. The molecular weight excluding hydrogens is 256 g/mol. The fraction of sp³-hybridized carbons (Fsp3) is 0.583. The molecule has 0 atom stereocenters. The molecule has 1 aromatic heterocycles. The van der Waals surface area contributed by atoms with E-state index in [1.54, 1.807) is 7.11 Å².